The summed E-state index contributed by atoms with van der Waals surface area (Å²) in [4.78, 5) is 101. The van der Waals surface area contributed by atoms with Crippen LogP contribution in [0.3, 0.4) is 0 Å². The lowest BCUT2D eigenvalue weighted by Crippen LogP contribution is -2.38. The molecule has 77 heavy (non-hydrogen) atoms. The van der Waals surface area contributed by atoms with Gasteiger partial charge in [-0.05, 0) is 13.3 Å². The number of aliphatic hydroxyl groups is 3. The molecule has 0 aliphatic carbocycles. The number of nitrogens with zero attached hydrogens (tertiary/aromatic N) is 8. The molecule has 37 nitrogen and oxygen atoms in total. The highest BCUT2D eigenvalue weighted by Crippen LogP contribution is 2.68. The van der Waals surface area contributed by atoms with Crippen LogP contribution in [0.1, 0.15) is 32.0 Å². The van der Waals surface area contributed by atoms with Crippen molar-refractivity contribution in [1.82, 2.24) is 43.6 Å². The van der Waals surface area contributed by atoms with Crippen molar-refractivity contribution in [1.29, 1.82) is 0 Å². The zero-order valence-electron chi connectivity index (χ0n) is 40.5. The number of aliphatic hydroxyl groups excluding tert-OH is 3. The van der Waals surface area contributed by atoms with Gasteiger partial charge in [-0.25, -0.2) is 42.6 Å². The van der Waals surface area contributed by atoms with Gasteiger partial charge in [0.1, 0.15) is 54.6 Å². The third-order valence-corrected chi connectivity index (χ3v) is 17.4. The predicted octanol–water partition coefficient (Wildman–Crippen LogP) is -2.73. The highest BCUT2D eigenvalue weighted by atomic mass is 31.3. The Kier molecular flexibility index (Phi) is 17.7. The fourth-order valence-electron chi connectivity index (χ4n) is 8.72. The highest BCUT2D eigenvalue weighted by Gasteiger charge is 2.54. The molecule has 8 heterocycles. The van der Waals surface area contributed by atoms with Crippen LogP contribution in [0.2, 0.25) is 0 Å². The molecule has 3 aliphatic heterocycles. The number of methoxy groups -OCH3 is 2. The second kappa shape index (κ2) is 23.2. The maximum atomic E-state index is 13.6. The number of H-pyrrole nitrogens is 2. The number of rotatable bonds is 24. The normalized spacial score (nSPS) is 29.9. The van der Waals surface area contributed by atoms with Crippen molar-refractivity contribution in [2.75, 3.05) is 58.2 Å². The zero-order chi connectivity index (χ0) is 55.9. The monoisotopic (exact) mass is 1180 g/mol. The fraction of sp³-hybridized carbons (Fsp3) is 0.611. The number of aryl methyl sites for hydroxylation is 1. The number of aromatic amines is 2. The average molecular weight is 1180 g/mol. The van der Waals surface area contributed by atoms with Gasteiger partial charge in [0, 0.05) is 45.6 Å². The topological polar surface area (TPSA) is 502 Å². The van der Waals surface area contributed by atoms with E-state index in [0.29, 0.717) is 6.54 Å². The number of nitrogens with two attached hydrogens (primary N) is 1. The Morgan fingerprint density at radius 2 is 1.40 bits per heavy atom. The van der Waals surface area contributed by atoms with Crippen molar-refractivity contribution in [2.45, 2.75) is 80.9 Å². The third-order valence-electron chi connectivity index (χ3n) is 12.1. The molecule has 426 valence electrons. The largest absolute Gasteiger partial charge is 0.490 e. The van der Waals surface area contributed by atoms with Gasteiger partial charge in [-0.3, -0.25) is 46.8 Å². The van der Waals surface area contributed by atoms with Crippen LogP contribution < -0.4 is 32.4 Å². The molecule has 41 heteroatoms. The van der Waals surface area contributed by atoms with Crippen LogP contribution in [0.5, 0.6) is 0 Å². The first-order valence-electron chi connectivity index (χ1n) is 22.6. The van der Waals surface area contributed by atoms with Crippen molar-refractivity contribution >= 4 is 65.4 Å². The van der Waals surface area contributed by atoms with E-state index in [1.165, 1.54) is 27.1 Å². The fourth-order valence-corrected chi connectivity index (χ4v) is 13.2. The van der Waals surface area contributed by atoms with Gasteiger partial charge in [0.15, 0.2) is 23.9 Å². The van der Waals surface area contributed by atoms with Crippen LogP contribution in [0, 0.1) is 5.92 Å². The van der Waals surface area contributed by atoms with E-state index >= 15 is 0 Å². The molecule has 0 spiro atoms. The number of imidazole rings is 2. The van der Waals surface area contributed by atoms with E-state index in [-0.39, 0.29) is 47.1 Å². The lowest BCUT2D eigenvalue weighted by molar-refractivity contribution is -0.646. The van der Waals surface area contributed by atoms with Crippen LogP contribution in [0.15, 0.2) is 45.6 Å². The van der Waals surface area contributed by atoms with Crippen LogP contribution in [-0.2, 0) is 75.7 Å². The summed E-state index contributed by atoms with van der Waals surface area (Å²) in [6, 6.07) is 0.929. The molecular formula is C36H53N12O25P4+. The van der Waals surface area contributed by atoms with Crippen LogP contribution in [0.25, 0.3) is 22.3 Å². The molecule has 4 unspecified atom stereocenters. The number of fused-ring (bicyclic) bond motifs is 2. The van der Waals surface area contributed by atoms with Crippen molar-refractivity contribution in [3.63, 3.8) is 0 Å². The Hall–Kier alpha value is -4.62. The summed E-state index contributed by atoms with van der Waals surface area (Å²) in [5.41, 5.74) is 3.85. The molecule has 3 fully saturated rings. The summed E-state index contributed by atoms with van der Waals surface area (Å²) in [6.45, 7) is -0.977. The van der Waals surface area contributed by atoms with Gasteiger partial charge in [0.05, 0.1) is 39.3 Å². The highest BCUT2D eigenvalue weighted by molar-refractivity contribution is 7.66. The van der Waals surface area contributed by atoms with Gasteiger partial charge >= 0.3 is 42.5 Å². The van der Waals surface area contributed by atoms with Gasteiger partial charge in [-0.2, -0.15) is 18.2 Å². The molecule has 3 aliphatic rings. The van der Waals surface area contributed by atoms with Gasteiger partial charge < -0.3 is 69.6 Å². The average Bonchev–Trinajstić information content (AvgIpc) is 4.19. The van der Waals surface area contributed by atoms with Crippen LogP contribution >= 0.6 is 31.3 Å². The quantitative estimate of drug-likeness (QED) is 0.0221. The first kappa shape index (κ1) is 58.5. The van der Waals surface area contributed by atoms with E-state index in [1.807, 2.05) is 4.98 Å². The number of anilines is 2. The van der Waals surface area contributed by atoms with Crippen molar-refractivity contribution in [3.05, 3.63) is 62.4 Å². The Balaban J connectivity index is 0.943. The lowest BCUT2D eigenvalue weighted by Gasteiger charge is -2.26. The van der Waals surface area contributed by atoms with Gasteiger partial charge in [0.25, 0.3) is 16.7 Å². The summed E-state index contributed by atoms with van der Waals surface area (Å²) in [7, 11) is -19.3. The maximum Gasteiger partial charge on any atom is 0.490 e. The number of ether oxygens (including phenoxy) is 5. The number of nitrogen functional groups attached to an aromatic ring is 1. The second-order valence-electron chi connectivity index (χ2n) is 17.2. The Morgan fingerprint density at radius 3 is 2.06 bits per heavy atom. The minimum atomic E-state index is -6.18. The van der Waals surface area contributed by atoms with Gasteiger partial charge in [0.2, 0.25) is 18.5 Å². The van der Waals surface area contributed by atoms with Gasteiger partial charge in [-0.15, -0.1) is 0 Å². The smallest absolute Gasteiger partial charge is 0.387 e. The molecule has 5 aromatic rings. The molecular weight excluding hydrogens is 1120 g/mol. The summed E-state index contributed by atoms with van der Waals surface area (Å²) >= 11 is 0. The molecule has 0 saturated carbocycles. The third kappa shape index (κ3) is 12.9. The Labute approximate surface area is 430 Å². The number of phosphoric ester groups is 3. The summed E-state index contributed by atoms with van der Waals surface area (Å²) < 4.78 is 115. The molecule has 0 amide bonds. The molecule has 16 atom stereocenters. The zero-order valence-corrected chi connectivity index (χ0v) is 44.1. The number of hydrogen-bond donors (Lipinski definition) is 11. The lowest BCUT2D eigenvalue weighted by atomic mass is 9.95. The molecule has 5 aromatic heterocycles. The maximum absolute atomic E-state index is 13.6. The standard InChI is InChI=1S/C36H52N12O25P4/c1-5-38-35-43-30-22(31(53)44-35)45(2)15-48(30)32-23(50)16(7-9-63-3)17(68-32)10-66-75(57,58)72-77(61,62)73-76(59,60)67-12-19-26(27(64-4)34(70-19)47-14-41-21-28(37)39-13-40-29(21)47)71-74(55,56)65-11-18-24(51)25(52)33(69-18)46-8-6-20(49)42-36(46)54/h6,8,13-19,23-27,32-34,50-52H,5,7,9-12H2,1-4H3,(H8-,37,38,39,40,42,43,44,49,53,54,55,56,57,58,59,60,61,62)/p+1/t16-,17-,18-,19-,23-,24-,25-,26-,27-,32-,33-,34-/m1/s1. The number of aromatic nitrogens is 10. The van der Waals surface area contributed by atoms with E-state index < -0.39 is 141 Å². The van der Waals surface area contributed by atoms with Crippen molar-refractivity contribution in [2.24, 2.45) is 13.0 Å². The minimum Gasteiger partial charge on any atom is -0.387 e. The molecule has 12 N–H and O–H groups in total. The number of nitrogens with one attached hydrogen (secondary N) is 3. The second-order valence-corrected chi connectivity index (χ2v) is 23.2. The van der Waals surface area contributed by atoms with E-state index in [0.717, 1.165) is 36.6 Å². The SMILES string of the molecule is CCNc1nc2c(c(=O)[nH]1)[n+](C)cn2[C@@H]1O[C@H](COP(=O)(O)OP(=O)(O)OP(=O)(O)OC[C@H]2O[C@@H](n3cnc4c(N)ncnc43)[C@H](OC)[C@@H]2OP(=O)(O)OC[C@H]2O[C@@H](n3ccc(=O)[nH]c3=O)[C@H](O)[C@@H]2O)[C@@H](CCOC)[C@H]1O. The molecule has 3 saturated heterocycles. The minimum absolute atomic E-state index is 0.0130. The van der Waals surface area contributed by atoms with E-state index in [2.05, 4.69) is 38.9 Å². The Bertz CT molecular complexity index is 3320. The molecule has 0 bridgehead atoms. The van der Waals surface area contributed by atoms with Crippen LogP contribution in [-0.4, -0.2) is 175 Å². The summed E-state index contributed by atoms with van der Waals surface area (Å²) in [5, 5.41) is 35.7. The Morgan fingerprint density at radius 1 is 0.766 bits per heavy atom. The molecule has 0 aromatic carbocycles. The molecule has 0 radical (unpaired) electrons. The first-order valence-corrected chi connectivity index (χ1v) is 28.6. The van der Waals surface area contributed by atoms with E-state index in [4.69, 9.17) is 47.5 Å². The van der Waals surface area contributed by atoms with Crippen molar-refractivity contribution in [3.8, 4) is 0 Å². The van der Waals surface area contributed by atoms with E-state index in [1.54, 1.807) is 14.0 Å². The van der Waals surface area contributed by atoms with Gasteiger partial charge in [-0.1, -0.05) is 0 Å². The van der Waals surface area contributed by atoms with E-state index in [9.17, 15) is 67.5 Å². The summed E-state index contributed by atoms with van der Waals surface area (Å²) in [6.07, 6.45) is -13.0. The first-order chi connectivity index (χ1) is 36.3. The molecule has 8 rings (SSSR count). The number of phosphoric acid groups is 4. The van der Waals surface area contributed by atoms with Crippen LogP contribution in [0.4, 0.5) is 11.8 Å². The predicted molar refractivity (Wildman–Crippen MR) is 251 cm³/mol. The van der Waals surface area contributed by atoms with Crippen molar-refractivity contribution < 1.29 is 108 Å². The number of hydrogen-bond acceptors (Lipinski definition) is 27. The summed E-state index contributed by atoms with van der Waals surface area (Å²) in [5.74, 6) is -0.895.